The number of anilines is 1. The van der Waals surface area contributed by atoms with E-state index in [1.807, 2.05) is 6.07 Å². The van der Waals surface area contributed by atoms with E-state index in [9.17, 15) is 4.79 Å². The molecule has 1 amide bonds. The lowest BCUT2D eigenvalue weighted by molar-refractivity contribution is -0.115. The molecule has 23 heavy (non-hydrogen) atoms. The van der Waals surface area contributed by atoms with Crippen LogP contribution in [0.3, 0.4) is 0 Å². The van der Waals surface area contributed by atoms with Crippen molar-refractivity contribution < 1.29 is 14.3 Å². The Hall–Kier alpha value is -3.10. The molecule has 1 atom stereocenters. The molecule has 0 bridgehead atoms. The van der Waals surface area contributed by atoms with Gasteiger partial charge in [-0.15, -0.1) is 0 Å². The van der Waals surface area contributed by atoms with Gasteiger partial charge in [-0.2, -0.15) is 4.68 Å². The molecule has 3 rings (SSSR count). The van der Waals surface area contributed by atoms with Crippen LogP contribution in [0.1, 0.15) is 18.5 Å². The van der Waals surface area contributed by atoms with Gasteiger partial charge in [0.2, 0.25) is 11.9 Å². The molecule has 9 heteroatoms. The lowest BCUT2D eigenvalue weighted by Crippen LogP contribution is -2.31. The summed E-state index contributed by atoms with van der Waals surface area (Å²) in [6, 6.07) is 4.81. The Balaban J connectivity index is 2.18. The molecule has 0 fully saturated rings. The van der Waals surface area contributed by atoms with E-state index in [2.05, 4.69) is 20.8 Å². The molecule has 2 aromatic rings. The summed E-state index contributed by atoms with van der Waals surface area (Å²) in [6.45, 7) is 1.76. The Kier molecular flexibility index (Phi) is 3.61. The number of ether oxygens (including phenoxy) is 2. The number of hydrogen-bond donors (Lipinski definition) is 2. The van der Waals surface area contributed by atoms with Crippen LogP contribution in [0.2, 0.25) is 0 Å². The van der Waals surface area contributed by atoms with Gasteiger partial charge in [0.15, 0.2) is 11.5 Å². The van der Waals surface area contributed by atoms with E-state index < -0.39 is 11.9 Å². The van der Waals surface area contributed by atoms with Crippen molar-refractivity contribution in [3.63, 3.8) is 0 Å². The van der Waals surface area contributed by atoms with Crippen molar-refractivity contribution >= 4 is 11.9 Å². The number of nitrogens with one attached hydrogen (secondary N) is 1. The number of benzene rings is 1. The molecular formula is C14H16N6O3. The fourth-order valence-corrected chi connectivity index (χ4v) is 2.66. The van der Waals surface area contributed by atoms with Gasteiger partial charge in [0, 0.05) is 5.70 Å². The summed E-state index contributed by atoms with van der Waals surface area (Å²) in [7, 11) is 3.10. The smallest absolute Gasteiger partial charge is 0.248 e. The summed E-state index contributed by atoms with van der Waals surface area (Å²) in [4.78, 5) is 11.9. The molecule has 0 unspecified atom stereocenters. The fourth-order valence-electron chi connectivity index (χ4n) is 2.66. The first-order valence-electron chi connectivity index (χ1n) is 6.84. The van der Waals surface area contributed by atoms with Crippen LogP contribution in [0.25, 0.3) is 0 Å². The minimum Gasteiger partial charge on any atom is -0.493 e. The molecule has 9 nitrogen and oxygen atoms in total. The van der Waals surface area contributed by atoms with E-state index in [0.29, 0.717) is 28.7 Å². The summed E-state index contributed by atoms with van der Waals surface area (Å²) >= 11 is 0. The van der Waals surface area contributed by atoms with Gasteiger partial charge in [-0.1, -0.05) is 11.2 Å². The van der Waals surface area contributed by atoms with Crippen molar-refractivity contribution in [3.05, 3.63) is 35.0 Å². The highest BCUT2D eigenvalue weighted by Gasteiger charge is 2.33. The van der Waals surface area contributed by atoms with Crippen LogP contribution >= 0.6 is 0 Å². The number of primary amides is 1. The first-order chi connectivity index (χ1) is 11.1. The predicted molar refractivity (Wildman–Crippen MR) is 81.0 cm³/mol. The molecular weight excluding hydrogens is 300 g/mol. The Morgan fingerprint density at radius 2 is 2.04 bits per heavy atom. The van der Waals surface area contributed by atoms with Crippen molar-refractivity contribution in [2.45, 2.75) is 13.0 Å². The fraction of sp³-hybridized carbons (Fsp3) is 0.286. The molecule has 3 N–H and O–H groups in total. The van der Waals surface area contributed by atoms with Crippen molar-refractivity contribution in [1.82, 2.24) is 20.2 Å². The zero-order valence-corrected chi connectivity index (χ0v) is 12.9. The lowest BCUT2D eigenvalue weighted by Gasteiger charge is -2.27. The molecule has 1 aromatic carbocycles. The average Bonchev–Trinajstić information content (AvgIpc) is 3.00. The number of allylic oxidation sites excluding steroid dienone is 1. The Morgan fingerprint density at radius 3 is 2.70 bits per heavy atom. The maximum atomic E-state index is 11.9. The van der Waals surface area contributed by atoms with Crippen LogP contribution in [-0.2, 0) is 4.79 Å². The summed E-state index contributed by atoms with van der Waals surface area (Å²) in [5.41, 5.74) is 7.32. The average molecular weight is 316 g/mol. The Labute approximate surface area is 132 Å². The van der Waals surface area contributed by atoms with Gasteiger partial charge in [0.1, 0.15) is 6.04 Å². The molecule has 0 saturated carbocycles. The zero-order chi connectivity index (χ0) is 16.6. The number of methoxy groups -OCH3 is 2. The SMILES string of the molecule is COc1ccc([C@@H]2C(C(N)=O)=C(C)Nc3nnnn32)cc1OC. The number of nitrogens with zero attached hydrogens (tertiary/aromatic N) is 4. The van der Waals surface area contributed by atoms with E-state index >= 15 is 0 Å². The molecule has 0 aliphatic carbocycles. The molecule has 2 heterocycles. The summed E-state index contributed by atoms with van der Waals surface area (Å²) < 4.78 is 12.1. The quantitative estimate of drug-likeness (QED) is 0.841. The van der Waals surface area contributed by atoms with E-state index in [4.69, 9.17) is 15.2 Å². The topological polar surface area (TPSA) is 117 Å². The third-order valence-corrected chi connectivity index (χ3v) is 3.70. The first kappa shape index (κ1) is 14.8. The highest BCUT2D eigenvalue weighted by Crippen LogP contribution is 2.37. The van der Waals surface area contributed by atoms with Crippen LogP contribution in [-0.4, -0.2) is 40.3 Å². The van der Waals surface area contributed by atoms with Gasteiger partial charge in [0.25, 0.3) is 0 Å². The van der Waals surface area contributed by atoms with Crippen LogP contribution in [0.4, 0.5) is 5.95 Å². The van der Waals surface area contributed by atoms with E-state index in [1.54, 1.807) is 33.3 Å². The number of aromatic nitrogens is 4. The molecule has 0 radical (unpaired) electrons. The highest BCUT2D eigenvalue weighted by atomic mass is 16.5. The molecule has 0 saturated heterocycles. The largest absolute Gasteiger partial charge is 0.493 e. The van der Waals surface area contributed by atoms with Crippen LogP contribution in [0.15, 0.2) is 29.5 Å². The minimum absolute atomic E-state index is 0.386. The van der Waals surface area contributed by atoms with Crippen LogP contribution in [0.5, 0.6) is 11.5 Å². The maximum Gasteiger partial charge on any atom is 0.248 e. The third kappa shape index (κ3) is 2.35. The third-order valence-electron chi connectivity index (χ3n) is 3.70. The van der Waals surface area contributed by atoms with Gasteiger partial charge in [0.05, 0.1) is 19.8 Å². The minimum atomic E-state index is -0.545. The Morgan fingerprint density at radius 1 is 1.30 bits per heavy atom. The molecule has 120 valence electrons. The number of amides is 1. The standard InChI is InChI=1S/C14H16N6O3/c1-7-11(13(15)21)12(20-14(16-7)17-18-19-20)8-4-5-9(22-2)10(6-8)23-3/h4-6,12H,1-3H3,(H2,15,21)(H,16,17,19)/t12-/m1/s1. The van der Waals surface area contributed by atoms with Gasteiger partial charge < -0.3 is 20.5 Å². The monoisotopic (exact) mass is 316 g/mol. The highest BCUT2D eigenvalue weighted by molar-refractivity contribution is 5.95. The van der Waals surface area contributed by atoms with Crippen LogP contribution < -0.4 is 20.5 Å². The van der Waals surface area contributed by atoms with Crippen molar-refractivity contribution in [3.8, 4) is 11.5 Å². The van der Waals surface area contributed by atoms with Gasteiger partial charge in [-0.05, 0) is 35.0 Å². The van der Waals surface area contributed by atoms with Gasteiger partial charge in [-0.3, -0.25) is 4.79 Å². The van der Waals surface area contributed by atoms with Crippen molar-refractivity contribution in [1.29, 1.82) is 0 Å². The number of nitrogens with two attached hydrogens (primary N) is 1. The van der Waals surface area contributed by atoms with E-state index in [0.717, 1.165) is 5.56 Å². The molecule has 0 spiro atoms. The number of carbonyl (C=O) groups is 1. The van der Waals surface area contributed by atoms with Gasteiger partial charge >= 0.3 is 0 Å². The summed E-state index contributed by atoms with van der Waals surface area (Å²) in [5.74, 6) is 1.02. The second-order valence-corrected chi connectivity index (χ2v) is 4.99. The second kappa shape index (κ2) is 5.59. The van der Waals surface area contributed by atoms with E-state index in [-0.39, 0.29) is 0 Å². The normalized spacial score (nSPS) is 16.6. The number of carbonyl (C=O) groups excluding carboxylic acids is 1. The van der Waals surface area contributed by atoms with Gasteiger partial charge in [-0.25, -0.2) is 0 Å². The Bertz CT molecular complexity index is 798. The lowest BCUT2D eigenvalue weighted by atomic mass is 9.95. The number of fused-ring (bicyclic) bond motifs is 1. The summed E-state index contributed by atoms with van der Waals surface area (Å²) in [6.07, 6.45) is 0. The first-order valence-corrected chi connectivity index (χ1v) is 6.84. The number of rotatable bonds is 4. The molecule has 1 aliphatic heterocycles. The summed E-state index contributed by atoms with van der Waals surface area (Å²) in [5, 5.41) is 14.5. The maximum absolute atomic E-state index is 11.9. The number of tetrazole rings is 1. The molecule has 1 aromatic heterocycles. The van der Waals surface area contributed by atoms with E-state index in [1.165, 1.54) is 4.68 Å². The predicted octanol–water partition coefficient (Wildman–Crippen LogP) is 0.464. The van der Waals surface area contributed by atoms with Crippen molar-refractivity contribution in [2.24, 2.45) is 5.73 Å². The van der Waals surface area contributed by atoms with Crippen molar-refractivity contribution in [2.75, 3.05) is 19.5 Å². The number of hydrogen-bond acceptors (Lipinski definition) is 7. The van der Waals surface area contributed by atoms with Crippen LogP contribution in [0, 0.1) is 0 Å². The zero-order valence-electron chi connectivity index (χ0n) is 12.9. The second-order valence-electron chi connectivity index (χ2n) is 4.99. The molecule has 1 aliphatic rings.